The van der Waals surface area contributed by atoms with Gasteiger partial charge in [-0.25, -0.2) is 13.6 Å². The molecule has 8 nitrogen and oxygen atoms in total. The number of nitrogen functional groups attached to an aromatic ring is 1. The zero-order valence-corrected chi connectivity index (χ0v) is 17.6. The van der Waals surface area contributed by atoms with Crippen molar-refractivity contribution >= 4 is 33.0 Å². The number of sulfonamides is 1. The summed E-state index contributed by atoms with van der Waals surface area (Å²) in [4.78, 5) is 19.5. The van der Waals surface area contributed by atoms with E-state index in [1.165, 1.54) is 12.1 Å². The molecule has 2 aromatic rings. The van der Waals surface area contributed by atoms with Gasteiger partial charge >= 0.3 is 0 Å². The minimum atomic E-state index is -3.89. The van der Waals surface area contributed by atoms with E-state index >= 15 is 0 Å². The monoisotopic (exact) mass is 429 g/mol. The van der Waals surface area contributed by atoms with Crippen molar-refractivity contribution in [3.8, 4) is 0 Å². The summed E-state index contributed by atoms with van der Waals surface area (Å²) in [5.41, 5.74) is 8.75. The number of rotatable bonds is 4. The molecule has 2 fully saturated rings. The summed E-state index contributed by atoms with van der Waals surface area (Å²) in [5.74, 6) is -0.153. The molecule has 0 aliphatic carbocycles. The molecule has 0 atom stereocenters. The van der Waals surface area contributed by atoms with Crippen molar-refractivity contribution in [1.82, 2.24) is 4.90 Å². The molecule has 2 aliphatic rings. The molecule has 1 amide bonds. The van der Waals surface area contributed by atoms with Gasteiger partial charge in [-0.05, 0) is 55.3 Å². The van der Waals surface area contributed by atoms with Gasteiger partial charge in [0.15, 0.2) is 0 Å². The third-order valence-electron chi connectivity index (χ3n) is 5.80. The molecule has 2 aromatic carbocycles. The van der Waals surface area contributed by atoms with Crippen LogP contribution in [-0.4, -0.2) is 58.5 Å². The Morgan fingerprint density at radius 3 is 2.07 bits per heavy atom. The summed E-state index contributed by atoms with van der Waals surface area (Å²) >= 11 is 0. The number of nitrogens with zero attached hydrogens (tertiary/aromatic N) is 3. The van der Waals surface area contributed by atoms with E-state index in [0.717, 1.165) is 43.0 Å². The van der Waals surface area contributed by atoms with Gasteiger partial charge in [-0.15, -0.1) is 0 Å². The lowest BCUT2D eigenvalue weighted by Gasteiger charge is -2.36. The number of primary sulfonamides is 1. The van der Waals surface area contributed by atoms with Gasteiger partial charge in [-0.1, -0.05) is 0 Å². The minimum Gasteiger partial charge on any atom is -0.399 e. The summed E-state index contributed by atoms with van der Waals surface area (Å²) in [6.45, 7) is 4.23. The van der Waals surface area contributed by atoms with Crippen LogP contribution < -0.4 is 20.7 Å². The molecule has 0 unspecified atom stereocenters. The molecule has 2 aliphatic heterocycles. The molecule has 0 radical (unpaired) electrons. The lowest BCUT2D eigenvalue weighted by molar-refractivity contribution is 0.0747. The average Bonchev–Trinajstić information content (AvgIpc) is 3.28. The van der Waals surface area contributed by atoms with Crippen LogP contribution in [0.2, 0.25) is 0 Å². The molecule has 2 saturated heterocycles. The molecule has 9 heteroatoms. The van der Waals surface area contributed by atoms with E-state index in [1.807, 2.05) is 24.3 Å². The fourth-order valence-electron chi connectivity index (χ4n) is 4.12. The second-order valence-corrected chi connectivity index (χ2v) is 9.35. The fourth-order valence-corrected chi connectivity index (χ4v) is 4.66. The Morgan fingerprint density at radius 2 is 1.47 bits per heavy atom. The number of piperazine rings is 1. The Hall–Kier alpha value is -2.78. The molecule has 0 bridgehead atoms. The van der Waals surface area contributed by atoms with Crippen molar-refractivity contribution in [2.75, 3.05) is 54.8 Å². The zero-order valence-electron chi connectivity index (χ0n) is 16.8. The zero-order chi connectivity index (χ0) is 21.3. The lowest BCUT2D eigenvalue weighted by Crippen LogP contribution is -2.49. The number of hydrogen-bond acceptors (Lipinski definition) is 6. The molecule has 30 heavy (non-hydrogen) atoms. The van der Waals surface area contributed by atoms with Crippen LogP contribution in [0.1, 0.15) is 23.2 Å². The Labute approximate surface area is 177 Å². The average molecular weight is 430 g/mol. The van der Waals surface area contributed by atoms with Gasteiger partial charge in [0, 0.05) is 56.3 Å². The van der Waals surface area contributed by atoms with Crippen molar-refractivity contribution < 1.29 is 13.2 Å². The maximum atomic E-state index is 13.4. The largest absolute Gasteiger partial charge is 0.399 e. The van der Waals surface area contributed by atoms with Crippen molar-refractivity contribution in [1.29, 1.82) is 0 Å². The van der Waals surface area contributed by atoms with E-state index in [0.29, 0.717) is 31.7 Å². The Morgan fingerprint density at radius 1 is 0.833 bits per heavy atom. The highest BCUT2D eigenvalue weighted by Gasteiger charge is 2.27. The fraction of sp³-hybridized carbons (Fsp3) is 0.381. The highest BCUT2D eigenvalue weighted by atomic mass is 32.2. The number of benzene rings is 2. The van der Waals surface area contributed by atoms with Gasteiger partial charge in [-0.2, -0.15) is 0 Å². The number of nitrogens with two attached hydrogens (primary N) is 2. The SMILES string of the molecule is Nc1ccc(N2CCN(C(=O)c3cc(S(N)(=O)=O)ccc3N3CCCC3)CC2)cc1. The first-order valence-electron chi connectivity index (χ1n) is 10.1. The predicted molar refractivity (Wildman–Crippen MR) is 118 cm³/mol. The Kier molecular flexibility index (Phi) is 5.57. The third-order valence-corrected chi connectivity index (χ3v) is 6.71. The topological polar surface area (TPSA) is 113 Å². The molecule has 0 saturated carbocycles. The highest BCUT2D eigenvalue weighted by Crippen LogP contribution is 2.29. The number of amides is 1. The third kappa shape index (κ3) is 4.22. The standard InChI is InChI=1S/C21H27N5O3S/c22-16-3-5-17(6-4-16)24-11-13-26(14-12-24)21(27)19-15-18(30(23,28)29)7-8-20(19)25-9-1-2-10-25/h3-8,15H,1-2,9-14,22H2,(H2,23,28,29). The quantitative estimate of drug-likeness (QED) is 0.712. The van der Waals surface area contributed by atoms with Gasteiger partial charge in [0.25, 0.3) is 5.91 Å². The van der Waals surface area contributed by atoms with Gasteiger partial charge in [0.05, 0.1) is 10.5 Å². The normalized spacial score (nSPS) is 17.4. The summed E-state index contributed by atoms with van der Waals surface area (Å²) in [6.07, 6.45) is 2.12. The van der Waals surface area contributed by atoms with E-state index in [9.17, 15) is 13.2 Å². The summed E-state index contributed by atoms with van der Waals surface area (Å²) in [7, 11) is -3.89. The Bertz CT molecular complexity index is 1030. The van der Waals surface area contributed by atoms with Crippen molar-refractivity contribution in [3.05, 3.63) is 48.0 Å². The molecule has 0 spiro atoms. The van der Waals surface area contributed by atoms with Crippen LogP contribution in [0.25, 0.3) is 0 Å². The van der Waals surface area contributed by atoms with E-state index in [2.05, 4.69) is 9.80 Å². The molecular weight excluding hydrogens is 402 g/mol. The highest BCUT2D eigenvalue weighted by molar-refractivity contribution is 7.89. The molecule has 2 heterocycles. The first-order chi connectivity index (χ1) is 14.3. The summed E-state index contributed by atoms with van der Waals surface area (Å²) < 4.78 is 23.7. The van der Waals surface area contributed by atoms with E-state index < -0.39 is 10.0 Å². The second kappa shape index (κ2) is 8.16. The predicted octanol–water partition coefficient (Wildman–Crippen LogP) is 1.48. The van der Waals surface area contributed by atoms with E-state index in [1.54, 1.807) is 11.0 Å². The first kappa shape index (κ1) is 20.5. The maximum Gasteiger partial charge on any atom is 0.256 e. The summed E-state index contributed by atoms with van der Waals surface area (Å²) in [5, 5.41) is 5.32. The van der Waals surface area contributed by atoms with Gasteiger partial charge in [-0.3, -0.25) is 4.79 Å². The summed E-state index contributed by atoms with van der Waals surface area (Å²) in [6, 6.07) is 12.3. The smallest absolute Gasteiger partial charge is 0.256 e. The van der Waals surface area contributed by atoms with Crippen LogP contribution >= 0.6 is 0 Å². The van der Waals surface area contributed by atoms with E-state index in [-0.39, 0.29) is 10.8 Å². The number of hydrogen-bond donors (Lipinski definition) is 2. The van der Waals surface area contributed by atoms with Crippen LogP contribution in [0.4, 0.5) is 17.1 Å². The van der Waals surface area contributed by atoms with Crippen LogP contribution in [0.5, 0.6) is 0 Å². The van der Waals surface area contributed by atoms with Crippen LogP contribution in [0.15, 0.2) is 47.4 Å². The lowest BCUT2D eigenvalue weighted by atomic mass is 10.1. The number of carbonyl (C=O) groups is 1. The van der Waals surface area contributed by atoms with Gasteiger partial charge in [0.2, 0.25) is 10.0 Å². The van der Waals surface area contributed by atoms with Crippen LogP contribution in [0.3, 0.4) is 0 Å². The van der Waals surface area contributed by atoms with E-state index in [4.69, 9.17) is 10.9 Å². The Balaban J connectivity index is 1.55. The molecule has 4 rings (SSSR count). The number of carbonyl (C=O) groups excluding carboxylic acids is 1. The maximum absolute atomic E-state index is 13.4. The number of anilines is 3. The van der Waals surface area contributed by atoms with Gasteiger partial charge in [0.1, 0.15) is 0 Å². The van der Waals surface area contributed by atoms with Crippen molar-refractivity contribution in [3.63, 3.8) is 0 Å². The van der Waals surface area contributed by atoms with Crippen molar-refractivity contribution in [2.24, 2.45) is 5.14 Å². The molecule has 160 valence electrons. The minimum absolute atomic E-state index is 0.0330. The molecular formula is C21H27N5O3S. The van der Waals surface area contributed by atoms with Crippen LogP contribution in [-0.2, 0) is 10.0 Å². The van der Waals surface area contributed by atoms with Gasteiger partial charge < -0.3 is 20.4 Å². The molecule has 4 N–H and O–H groups in total. The van der Waals surface area contributed by atoms with Crippen LogP contribution in [0, 0.1) is 0 Å². The first-order valence-corrected chi connectivity index (χ1v) is 11.7. The molecule has 0 aromatic heterocycles. The van der Waals surface area contributed by atoms with Crippen molar-refractivity contribution in [2.45, 2.75) is 17.7 Å². The second-order valence-electron chi connectivity index (χ2n) is 7.79.